The van der Waals surface area contributed by atoms with Crippen LogP contribution in [-0.4, -0.2) is 53.4 Å². The molecular weight excluding hydrogens is 350 g/mol. The first-order valence-corrected chi connectivity index (χ1v) is 9.54. The number of carbonyl (C=O) groups is 1. The van der Waals surface area contributed by atoms with E-state index >= 15 is 0 Å². The molecule has 28 heavy (non-hydrogen) atoms. The molecule has 2 heterocycles. The molecule has 1 fully saturated rings. The van der Waals surface area contributed by atoms with Crippen molar-refractivity contribution in [3.05, 3.63) is 78.2 Å². The van der Waals surface area contributed by atoms with Gasteiger partial charge >= 0.3 is 0 Å². The number of amides is 1. The van der Waals surface area contributed by atoms with Crippen LogP contribution in [0, 0.1) is 0 Å². The summed E-state index contributed by atoms with van der Waals surface area (Å²) in [4.78, 5) is 21.0. The molecule has 3 aromatic rings. The average molecular weight is 373 g/mol. The van der Waals surface area contributed by atoms with E-state index < -0.39 is 0 Å². The number of aromatic nitrogens is 1. The van der Waals surface area contributed by atoms with Gasteiger partial charge in [-0.15, -0.1) is 0 Å². The van der Waals surface area contributed by atoms with Gasteiger partial charge in [0.15, 0.2) is 5.58 Å². The van der Waals surface area contributed by atoms with E-state index in [0.717, 1.165) is 43.8 Å². The SMILES string of the molecule is O=C(/C=C/c1nc2ccccc2o1)N1CCN(C/C=C/c2ccccc2)CC1. The number of piperazine rings is 1. The molecule has 0 saturated carbocycles. The van der Waals surface area contributed by atoms with Gasteiger partial charge in [-0.3, -0.25) is 9.69 Å². The third-order valence-electron chi connectivity index (χ3n) is 4.84. The van der Waals surface area contributed by atoms with E-state index in [1.54, 1.807) is 12.2 Å². The second-order valence-corrected chi connectivity index (χ2v) is 6.79. The van der Waals surface area contributed by atoms with Crippen molar-refractivity contribution in [2.45, 2.75) is 0 Å². The molecule has 142 valence electrons. The average Bonchev–Trinajstić information content (AvgIpc) is 3.16. The molecule has 1 aromatic heterocycles. The highest BCUT2D eigenvalue weighted by Gasteiger charge is 2.18. The number of benzene rings is 2. The predicted molar refractivity (Wildman–Crippen MR) is 112 cm³/mol. The molecule has 2 aromatic carbocycles. The van der Waals surface area contributed by atoms with Crippen LogP contribution in [0.3, 0.4) is 0 Å². The monoisotopic (exact) mass is 373 g/mol. The summed E-state index contributed by atoms with van der Waals surface area (Å²) in [6, 6.07) is 17.9. The molecule has 0 spiro atoms. The summed E-state index contributed by atoms with van der Waals surface area (Å²) in [6.07, 6.45) is 7.52. The smallest absolute Gasteiger partial charge is 0.246 e. The number of nitrogens with zero attached hydrogens (tertiary/aromatic N) is 3. The fourth-order valence-corrected chi connectivity index (χ4v) is 3.26. The molecule has 5 nitrogen and oxygen atoms in total. The van der Waals surface area contributed by atoms with Crippen molar-refractivity contribution < 1.29 is 9.21 Å². The molecule has 1 saturated heterocycles. The van der Waals surface area contributed by atoms with Gasteiger partial charge in [0, 0.05) is 44.9 Å². The minimum absolute atomic E-state index is 0.00161. The van der Waals surface area contributed by atoms with Crippen LogP contribution in [0.4, 0.5) is 0 Å². The van der Waals surface area contributed by atoms with Gasteiger partial charge in [0.2, 0.25) is 11.8 Å². The number of hydrogen-bond acceptors (Lipinski definition) is 4. The van der Waals surface area contributed by atoms with Crippen molar-refractivity contribution >= 4 is 29.2 Å². The first kappa shape index (κ1) is 18.2. The highest BCUT2D eigenvalue weighted by molar-refractivity contribution is 5.91. The van der Waals surface area contributed by atoms with Crippen LogP contribution >= 0.6 is 0 Å². The Morgan fingerprint density at radius 2 is 1.71 bits per heavy atom. The molecule has 1 aliphatic heterocycles. The van der Waals surface area contributed by atoms with Gasteiger partial charge in [0.1, 0.15) is 5.52 Å². The van der Waals surface area contributed by atoms with Gasteiger partial charge < -0.3 is 9.32 Å². The van der Waals surface area contributed by atoms with Crippen LogP contribution in [0.15, 0.2) is 71.2 Å². The molecule has 5 heteroatoms. The number of fused-ring (bicyclic) bond motifs is 1. The highest BCUT2D eigenvalue weighted by Crippen LogP contribution is 2.15. The minimum atomic E-state index is 0.00161. The van der Waals surface area contributed by atoms with Gasteiger partial charge in [-0.1, -0.05) is 54.6 Å². The number of oxazole rings is 1. The van der Waals surface area contributed by atoms with Gasteiger partial charge in [0.05, 0.1) is 0 Å². The number of carbonyl (C=O) groups excluding carboxylic acids is 1. The molecule has 0 aliphatic carbocycles. The first-order chi connectivity index (χ1) is 13.8. The van der Waals surface area contributed by atoms with Gasteiger partial charge in [-0.25, -0.2) is 4.98 Å². The Labute approximate surface area is 164 Å². The Balaban J connectivity index is 1.26. The summed E-state index contributed by atoms with van der Waals surface area (Å²) in [5.74, 6) is 0.459. The van der Waals surface area contributed by atoms with Crippen molar-refractivity contribution in [2.75, 3.05) is 32.7 Å². The molecule has 0 bridgehead atoms. The molecule has 1 aliphatic rings. The van der Waals surface area contributed by atoms with Crippen LogP contribution in [-0.2, 0) is 4.79 Å². The van der Waals surface area contributed by atoms with E-state index in [-0.39, 0.29) is 5.91 Å². The third-order valence-corrected chi connectivity index (χ3v) is 4.84. The largest absolute Gasteiger partial charge is 0.437 e. The summed E-state index contributed by atoms with van der Waals surface area (Å²) < 4.78 is 5.62. The summed E-state index contributed by atoms with van der Waals surface area (Å²) in [7, 11) is 0. The lowest BCUT2D eigenvalue weighted by Gasteiger charge is -2.33. The van der Waals surface area contributed by atoms with E-state index in [9.17, 15) is 4.79 Å². The highest BCUT2D eigenvalue weighted by atomic mass is 16.3. The third kappa shape index (κ3) is 4.56. The zero-order valence-electron chi connectivity index (χ0n) is 15.7. The molecule has 0 unspecified atom stereocenters. The minimum Gasteiger partial charge on any atom is -0.437 e. The Morgan fingerprint density at radius 3 is 2.50 bits per heavy atom. The summed E-state index contributed by atoms with van der Waals surface area (Å²) in [5, 5.41) is 0. The van der Waals surface area contributed by atoms with Crippen molar-refractivity contribution in [2.24, 2.45) is 0 Å². The number of hydrogen-bond donors (Lipinski definition) is 0. The lowest BCUT2D eigenvalue weighted by Crippen LogP contribution is -2.48. The van der Waals surface area contributed by atoms with Crippen molar-refractivity contribution in [3.8, 4) is 0 Å². The lowest BCUT2D eigenvalue weighted by molar-refractivity contribution is -0.127. The summed E-state index contributed by atoms with van der Waals surface area (Å²) in [6.45, 7) is 4.12. The Bertz CT molecular complexity index is 950. The van der Waals surface area contributed by atoms with Crippen LogP contribution in [0.5, 0.6) is 0 Å². The van der Waals surface area contributed by atoms with E-state index in [1.807, 2.05) is 47.4 Å². The summed E-state index contributed by atoms with van der Waals surface area (Å²) in [5.41, 5.74) is 2.74. The van der Waals surface area contributed by atoms with Crippen LogP contribution in [0.2, 0.25) is 0 Å². The van der Waals surface area contributed by atoms with E-state index in [0.29, 0.717) is 5.89 Å². The van der Waals surface area contributed by atoms with Crippen molar-refractivity contribution in [1.29, 1.82) is 0 Å². The first-order valence-electron chi connectivity index (χ1n) is 9.54. The molecule has 1 amide bonds. The van der Waals surface area contributed by atoms with Gasteiger partial charge in [0.25, 0.3) is 0 Å². The van der Waals surface area contributed by atoms with Gasteiger partial charge in [-0.05, 0) is 17.7 Å². The van der Waals surface area contributed by atoms with Gasteiger partial charge in [-0.2, -0.15) is 0 Å². The molecule has 0 radical (unpaired) electrons. The summed E-state index contributed by atoms with van der Waals surface area (Å²) >= 11 is 0. The van der Waals surface area contributed by atoms with Crippen molar-refractivity contribution in [3.63, 3.8) is 0 Å². The normalized spacial score (nSPS) is 15.8. The van der Waals surface area contributed by atoms with E-state index in [1.165, 1.54) is 5.56 Å². The number of rotatable bonds is 5. The quantitative estimate of drug-likeness (QED) is 0.640. The standard InChI is InChI=1S/C23H23N3O2/c27-23(13-12-22-24-20-10-4-5-11-21(20)28-22)26-17-15-25(16-18-26)14-6-9-19-7-2-1-3-8-19/h1-13H,14-18H2/b9-6+,13-12+. The maximum absolute atomic E-state index is 12.4. The fraction of sp³-hybridized carbons (Fsp3) is 0.217. The maximum Gasteiger partial charge on any atom is 0.246 e. The fourth-order valence-electron chi connectivity index (χ4n) is 3.26. The van der Waals surface area contributed by atoms with Crippen molar-refractivity contribution in [1.82, 2.24) is 14.8 Å². The zero-order valence-corrected chi connectivity index (χ0v) is 15.7. The maximum atomic E-state index is 12.4. The lowest BCUT2D eigenvalue weighted by atomic mass is 10.2. The Morgan fingerprint density at radius 1 is 0.964 bits per heavy atom. The second-order valence-electron chi connectivity index (χ2n) is 6.79. The molecule has 0 N–H and O–H groups in total. The molecular formula is C23H23N3O2. The van der Waals surface area contributed by atoms with Crippen LogP contribution < -0.4 is 0 Å². The Hall–Kier alpha value is -3.18. The van der Waals surface area contributed by atoms with E-state index in [4.69, 9.17) is 4.42 Å². The van der Waals surface area contributed by atoms with Crippen LogP contribution in [0.25, 0.3) is 23.3 Å². The predicted octanol–water partition coefficient (Wildman–Crippen LogP) is 3.70. The molecule has 4 rings (SSSR count). The zero-order chi connectivity index (χ0) is 19.2. The Kier molecular flexibility index (Phi) is 5.64. The topological polar surface area (TPSA) is 49.6 Å². The van der Waals surface area contributed by atoms with E-state index in [2.05, 4.69) is 34.2 Å². The molecule has 0 atom stereocenters. The van der Waals surface area contributed by atoms with Crippen LogP contribution in [0.1, 0.15) is 11.5 Å². The number of para-hydroxylation sites is 2. The second kappa shape index (κ2) is 8.67.